The minimum Gasteiger partial charge on any atom is -0.365 e. The highest BCUT2D eigenvalue weighted by atomic mass is 32.1. The van der Waals surface area contributed by atoms with Crippen LogP contribution >= 0.6 is 23.6 Å². The predicted molar refractivity (Wildman–Crippen MR) is 64.3 cm³/mol. The van der Waals surface area contributed by atoms with Gasteiger partial charge in [0.1, 0.15) is 4.70 Å². The van der Waals surface area contributed by atoms with E-state index in [2.05, 4.69) is 15.3 Å². The van der Waals surface area contributed by atoms with Crippen LogP contribution < -0.4 is 10.9 Å². The van der Waals surface area contributed by atoms with Gasteiger partial charge in [0, 0.05) is 13.6 Å². The van der Waals surface area contributed by atoms with Crippen LogP contribution in [0.3, 0.4) is 0 Å². The van der Waals surface area contributed by atoms with Gasteiger partial charge in [-0.25, -0.2) is 4.98 Å². The summed E-state index contributed by atoms with van der Waals surface area (Å²) in [5, 5.41) is 3.62. The van der Waals surface area contributed by atoms with Crippen LogP contribution in [0.15, 0.2) is 4.79 Å². The molecule has 0 bridgehead atoms. The van der Waals surface area contributed by atoms with E-state index in [-0.39, 0.29) is 5.56 Å². The number of aromatic nitrogens is 3. The number of nitrogens with zero attached hydrogens (tertiary/aromatic N) is 2. The average Bonchev–Trinajstić information content (AvgIpc) is 2.61. The molecule has 0 aliphatic heterocycles. The van der Waals surface area contributed by atoms with E-state index in [1.807, 2.05) is 6.92 Å². The molecule has 0 saturated carbocycles. The number of fused-ring (bicyclic) bond motifs is 1. The number of hydrogen-bond acceptors (Lipinski definition) is 5. The highest BCUT2D eigenvalue weighted by molar-refractivity contribution is 7.71. The molecule has 0 radical (unpaired) electrons. The van der Waals surface area contributed by atoms with Gasteiger partial charge in [-0.05, 0) is 19.1 Å². The second kappa shape index (κ2) is 3.74. The minimum absolute atomic E-state index is 0.0738. The molecule has 0 unspecified atom stereocenters. The van der Waals surface area contributed by atoms with Gasteiger partial charge in [0.2, 0.25) is 0 Å². The monoisotopic (exact) mass is 242 g/mol. The van der Waals surface area contributed by atoms with Crippen LogP contribution in [0.2, 0.25) is 0 Å². The third kappa shape index (κ3) is 1.57. The summed E-state index contributed by atoms with van der Waals surface area (Å²) in [6.45, 7) is 2.45. The average molecular weight is 242 g/mol. The summed E-state index contributed by atoms with van der Waals surface area (Å²) in [5.74, 6) is 0. The van der Waals surface area contributed by atoms with E-state index >= 15 is 0 Å². The molecule has 2 heterocycles. The summed E-state index contributed by atoms with van der Waals surface area (Å²) in [4.78, 5) is 19.1. The Morgan fingerprint density at radius 2 is 2.40 bits per heavy atom. The Hall–Kier alpha value is -1.21. The molecule has 7 heteroatoms. The molecular formula is C8H10N4OS2. The highest BCUT2D eigenvalue weighted by Gasteiger charge is 2.09. The quantitative estimate of drug-likeness (QED) is 0.785. The third-order valence-electron chi connectivity index (χ3n) is 2.07. The fraction of sp³-hybridized carbons (Fsp3) is 0.375. The Labute approximate surface area is 94.8 Å². The predicted octanol–water partition coefficient (Wildman–Crippen LogP) is 1.58. The standard InChI is InChI=1S/C8H10N4OS2/c1-3-12-6(13)4-5(11-8(12)14)10-7(9-2)15-4/h3H2,1-2H3,(H,9,10)(H,11,14). The lowest BCUT2D eigenvalue weighted by atomic mass is 10.5. The maximum atomic E-state index is 11.9. The highest BCUT2D eigenvalue weighted by Crippen LogP contribution is 2.20. The molecule has 2 aromatic rings. The number of H-pyrrole nitrogens is 1. The topological polar surface area (TPSA) is 62.7 Å². The summed E-state index contributed by atoms with van der Waals surface area (Å²) in [5.41, 5.74) is 0.485. The van der Waals surface area contributed by atoms with Gasteiger partial charge < -0.3 is 10.3 Å². The lowest BCUT2D eigenvalue weighted by Gasteiger charge is -1.99. The van der Waals surface area contributed by atoms with Gasteiger partial charge in [0.15, 0.2) is 15.5 Å². The Balaban J connectivity index is 2.89. The van der Waals surface area contributed by atoms with Crippen LogP contribution in [0.25, 0.3) is 10.3 Å². The first kappa shape index (κ1) is 10.3. The molecule has 2 N–H and O–H groups in total. The first-order valence-corrected chi connectivity index (χ1v) is 5.71. The molecule has 0 amide bonds. The van der Waals surface area contributed by atoms with E-state index < -0.39 is 0 Å². The van der Waals surface area contributed by atoms with Gasteiger partial charge in [-0.2, -0.15) is 0 Å². The summed E-state index contributed by atoms with van der Waals surface area (Å²) in [7, 11) is 1.77. The van der Waals surface area contributed by atoms with Crippen LogP contribution in [0.4, 0.5) is 5.13 Å². The Morgan fingerprint density at radius 3 is 3.00 bits per heavy atom. The van der Waals surface area contributed by atoms with Gasteiger partial charge in [-0.1, -0.05) is 11.3 Å². The van der Waals surface area contributed by atoms with Crippen molar-refractivity contribution in [2.75, 3.05) is 12.4 Å². The van der Waals surface area contributed by atoms with E-state index in [1.54, 1.807) is 7.05 Å². The summed E-state index contributed by atoms with van der Waals surface area (Å²) in [6, 6.07) is 0. The second-order valence-corrected chi connectivity index (χ2v) is 4.31. The number of thiazole rings is 1. The second-order valence-electron chi connectivity index (χ2n) is 2.93. The molecular weight excluding hydrogens is 232 g/mol. The van der Waals surface area contributed by atoms with Crippen molar-refractivity contribution < 1.29 is 0 Å². The van der Waals surface area contributed by atoms with Crippen molar-refractivity contribution in [3.63, 3.8) is 0 Å². The fourth-order valence-electron chi connectivity index (χ4n) is 1.33. The van der Waals surface area contributed by atoms with Crippen molar-refractivity contribution in [3.8, 4) is 0 Å². The lowest BCUT2D eigenvalue weighted by Crippen LogP contribution is -2.20. The molecule has 0 aromatic carbocycles. The number of hydrogen-bond donors (Lipinski definition) is 2. The molecule has 2 aromatic heterocycles. The Kier molecular flexibility index (Phi) is 2.57. The van der Waals surface area contributed by atoms with Gasteiger partial charge >= 0.3 is 0 Å². The van der Waals surface area contributed by atoms with Crippen molar-refractivity contribution >= 4 is 39.0 Å². The summed E-state index contributed by atoms with van der Waals surface area (Å²) >= 11 is 6.39. The molecule has 0 saturated heterocycles. The zero-order chi connectivity index (χ0) is 11.0. The van der Waals surface area contributed by atoms with Crippen molar-refractivity contribution in [1.29, 1.82) is 0 Å². The van der Waals surface area contributed by atoms with Gasteiger partial charge in [0.25, 0.3) is 5.56 Å². The summed E-state index contributed by atoms with van der Waals surface area (Å²) < 4.78 is 2.55. The van der Waals surface area contributed by atoms with Crippen LogP contribution in [0.1, 0.15) is 6.92 Å². The maximum Gasteiger partial charge on any atom is 0.274 e. The first-order chi connectivity index (χ1) is 7.17. The minimum atomic E-state index is -0.0738. The van der Waals surface area contributed by atoms with Crippen LogP contribution in [-0.4, -0.2) is 21.6 Å². The van der Waals surface area contributed by atoms with Crippen molar-refractivity contribution in [3.05, 3.63) is 15.1 Å². The third-order valence-corrected chi connectivity index (χ3v) is 3.45. The molecule has 0 fully saturated rings. The zero-order valence-electron chi connectivity index (χ0n) is 8.33. The molecule has 0 atom stereocenters. The number of aromatic amines is 1. The molecule has 80 valence electrons. The van der Waals surface area contributed by atoms with Crippen LogP contribution in [0.5, 0.6) is 0 Å². The van der Waals surface area contributed by atoms with Crippen LogP contribution in [-0.2, 0) is 6.54 Å². The van der Waals surface area contributed by atoms with Crippen molar-refractivity contribution in [1.82, 2.24) is 14.5 Å². The number of nitrogens with one attached hydrogen (secondary N) is 2. The first-order valence-electron chi connectivity index (χ1n) is 4.48. The van der Waals surface area contributed by atoms with Gasteiger partial charge in [0.05, 0.1) is 0 Å². The number of anilines is 1. The molecule has 0 aliphatic rings. The zero-order valence-corrected chi connectivity index (χ0v) is 9.96. The van der Waals surface area contributed by atoms with Crippen LogP contribution in [0, 0.1) is 4.77 Å². The van der Waals surface area contributed by atoms with E-state index in [9.17, 15) is 4.79 Å². The molecule has 5 nitrogen and oxygen atoms in total. The molecule has 0 aliphatic carbocycles. The van der Waals surface area contributed by atoms with E-state index in [1.165, 1.54) is 15.9 Å². The van der Waals surface area contributed by atoms with Gasteiger partial charge in [-0.15, -0.1) is 0 Å². The fourth-order valence-corrected chi connectivity index (χ4v) is 2.46. The summed E-state index contributed by atoms with van der Waals surface area (Å²) in [6.07, 6.45) is 0. The normalized spacial score (nSPS) is 10.8. The SMILES string of the molecule is CCn1c(=S)[nH]c2nc(NC)sc2c1=O. The van der Waals surface area contributed by atoms with Crippen molar-refractivity contribution in [2.24, 2.45) is 0 Å². The van der Waals surface area contributed by atoms with Gasteiger partial charge in [-0.3, -0.25) is 9.36 Å². The Bertz CT molecular complexity index is 609. The largest absolute Gasteiger partial charge is 0.365 e. The van der Waals surface area contributed by atoms with E-state index in [0.29, 0.717) is 26.8 Å². The number of rotatable bonds is 2. The van der Waals surface area contributed by atoms with E-state index in [0.717, 1.165) is 0 Å². The molecule has 2 rings (SSSR count). The molecule has 15 heavy (non-hydrogen) atoms. The van der Waals surface area contributed by atoms with Crippen molar-refractivity contribution in [2.45, 2.75) is 13.5 Å². The Morgan fingerprint density at radius 1 is 1.67 bits per heavy atom. The maximum absolute atomic E-state index is 11.9. The van der Waals surface area contributed by atoms with E-state index in [4.69, 9.17) is 12.2 Å². The molecule has 0 spiro atoms. The smallest absolute Gasteiger partial charge is 0.274 e. The lowest BCUT2D eigenvalue weighted by molar-refractivity contribution is 0.705.